The zero-order valence-electron chi connectivity index (χ0n) is 33.0. The molecule has 1 unspecified atom stereocenters. The van der Waals surface area contributed by atoms with E-state index in [1.54, 1.807) is 19.1 Å². The number of benzene rings is 4. The number of carbonyl (C=O) groups excluding carboxylic acids is 2. The summed E-state index contributed by atoms with van der Waals surface area (Å²) in [5.74, 6) is 0.846. The summed E-state index contributed by atoms with van der Waals surface area (Å²) in [7, 11) is 0.906. The minimum Gasteiger partial charge on any atom is -0.497 e. The molecule has 2 saturated heterocycles. The van der Waals surface area contributed by atoms with Gasteiger partial charge in [-0.3, -0.25) is 14.4 Å². The number of amides is 2. The number of methoxy groups -OCH3 is 2. The molecule has 13 heteroatoms. The summed E-state index contributed by atoms with van der Waals surface area (Å²) >= 11 is 0. The van der Waals surface area contributed by atoms with Gasteiger partial charge in [0, 0.05) is 29.9 Å². The normalized spacial score (nSPS) is 22.2. The summed E-state index contributed by atoms with van der Waals surface area (Å²) in [4.78, 5) is 31.0. The number of anilines is 2. The molecule has 5 aromatic rings. The van der Waals surface area contributed by atoms with Gasteiger partial charge in [-0.25, -0.2) is 4.79 Å². The van der Waals surface area contributed by atoms with E-state index in [4.69, 9.17) is 18.9 Å². The molecule has 1 spiro atoms. The Labute approximate surface area is 333 Å². The van der Waals surface area contributed by atoms with Crippen LogP contribution in [0.1, 0.15) is 41.6 Å². The third-order valence-electron chi connectivity index (χ3n) is 12.3. The zero-order chi connectivity index (χ0) is 39.9. The first-order chi connectivity index (χ1) is 27.6. The Morgan fingerprint density at radius 3 is 2.33 bits per heavy atom. The summed E-state index contributed by atoms with van der Waals surface area (Å²) in [5.41, 5.74) is 3.69. The molecule has 2 fully saturated rings. The van der Waals surface area contributed by atoms with Gasteiger partial charge in [0.1, 0.15) is 18.1 Å². The van der Waals surface area contributed by atoms with Crippen LogP contribution >= 0.6 is 0 Å². The van der Waals surface area contributed by atoms with E-state index in [0.29, 0.717) is 44.1 Å². The number of fused-ring (bicyclic) bond motifs is 2. The number of hydrogen-bond acceptors (Lipinski definition) is 9. The first kappa shape index (κ1) is 38.4. The first-order valence-corrected chi connectivity index (χ1v) is 22.6. The van der Waals surface area contributed by atoms with Crippen LogP contribution in [0.15, 0.2) is 103 Å². The molecule has 3 aliphatic rings. The van der Waals surface area contributed by atoms with Gasteiger partial charge in [-0.1, -0.05) is 85.0 Å². The van der Waals surface area contributed by atoms with Crippen LogP contribution in [-0.4, -0.2) is 80.3 Å². The minimum absolute atomic E-state index is 0.0193. The zero-order valence-corrected chi connectivity index (χ0v) is 34.0. The average molecular weight is 788 g/mol. The molecule has 0 radical (unpaired) electrons. The Kier molecular flexibility index (Phi) is 10.4. The second-order valence-electron chi connectivity index (χ2n) is 15.7. The van der Waals surface area contributed by atoms with E-state index in [0.717, 1.165) is 33.8 Å². The van der Waals surface area contributed by atoms with E-state index in [2.05, 4.69) is 42.5 Å². The molecule has 57 heavy (non-hydrogen) atoms. The van der Waals surface area contributed by atoms with Crippen molar-refractivity contribution in [1.29, 1.82) is 0 Å². The topological polar surface area (TPSA) is 128 Å². The second-order valence-corrected chi connectivity index (χ2v) is 20.4. The fourth-order valence-corrected chi connectivity index (χ4v) is 13.4. The number of nitrogens with zero attached hydrogens (tertiary/aromatic N) is 5. The predicted molar refractivity (Wildman–Crippen MR) is 219 cm³/mol. The molecule has 296 valence electrons. The highest BCUT2D eigenvalue weighted by Gasteiger charge is 2.66. The summed E-state index contributed by atoms with van der Waals surface area (Å²) in [6.07, 6.45) is 1.84. The van der Waals surface area contributed by atoms with Gasteiger partial charge in [-0.2, -0.15) is 0 Å². The lowest BCUT2D eigenvalue weighted by atomic mass is 9.82. The van der Waals surface area contributed by atoms with Crippen LogP contribution in [0.3, 0.4) is 0 Å². The third-order valence-corrected chi connectivity index (χ3v) is 16.7. The fraction of sp³-hybridized carbons (Fsp3) is 0.364. The molecule has 3 aliphatic heterocycles. The van der Waals surface area contributed by atoms with Crippen LogP contribution in [-0.2, 0) is 33.0 Å². The van der Waals surface area contributed by atoms with E-state index < -0.39 is 13.7 Å². The Bertz CT molecular complexity index is 2230. The van der Waals surface area contributed by atoms with Crippen molar-refractivity contribution in [2.24, 2.45) is 5.92 Å². The van der Waals surface area contributed by atoms with Crippen LogP contribution in [0.5, 0.6) is 11.5 Å². The van der Waals surface area contributed by atoms with E-state index in [9.17, 15) is 9.90 Å². The largest absolute Gasteiger partial charge is 0.497 e. The first-order valence-electron chi connectivity index (χ1n) is 19.5. The summed E-state index contributed by atoms with van der Waals surface area (Å²) < 4.78 is 25.6. The van der Waals surface area contributed by atoms with Crippen molar-refractivity contribution in [1.82, 2.24) is 15.0 Å². The predicted octanol–water partition coefficient (Wildman–Crippen LogP) is 6.23. The third kappa shape index (κ3) is 6.77. The van der Waals surface area contributed by atoms with Gasteiger partial charge >= 0.3 is 6.09 Å². The highest BCUT2D eigenvalue weighted by atomic mass is 28.3. The minimum atomic E-state index is -2.40. The van der Waals surface area contributed by atoms with Crippen LogP contribution in [0.2, 0.25) is 18.6 Å². The number of hydrogen-bond donors (Lipinski definition) is 1. The Morgan fingerprint density at radius 2 is 1.67 bits per heavy atom. The monoisotopic (exact) mass is 787 g/mol. The number of ether oxygens (including phenoxy) is 4. The Hall–Kier alpha value is -5.50. The number of cyclic esters (lactones) is 1. The van der Waals surface area contributed by atoms with Gasteiger partial charge in [0.25, 0.3) is 5.91 Å². The standard InChI is InChI=1S/C44H49N5O7Si/c1-29-41(57(4,5)35-18-15-33(53-2)16-19-35)40(21-22-47-27-38(45-46-47)36(28-50)31-9-7-6-8-10-31)56-44(29)37-25-34(54-3)17-20-39(37)49(42(44)51)26-30-11-13-32(14-12-30)48-23-24-55-43(48)52/h6-20,25,27,29,36,40-41,50H,21-24,26,28H2,1-5H3/t29-,36?,40+,41-,44+/m1/s1. The lowest BCUT2D eigenvalue weighted by Crippen LogP contribution is -2.51. The maximum atomic E-state index is 15.3. The number of aliphatic hydroxyl groups excluding tert-OH is 1. The van der Waals surface area contributed by atoms with Crippen LogP contribution in [0, 0.1) is 5.92 Å². The Morgan fingerprint density at radius 1 is 0.947 bits per heavy atom. The maximum Gasteiger partial charge on any atom is 0.414 e. The van der Waals surface area contributed by atoms with Crippen molar-refractivity contribution >= 4 is 36.6 Å². The second kappa shape index (κ2) is 15.4. The van der Waals surface area contributed by atoms with Gasteiger partial charge in [0.15, 0.2) is 5.60 Å². The molecule has 4 aromatic carbocycles. The van der Waals surface area contributed by atoms with E-state index in [-0.39, 0.29) is 42.1 Å². The molecule has 5 atom stereocenters. The van der Waals surface area contributed by atoms with Crippen molar-refractivity contribution in [3.05, 3.63) is 126 Å². The lowest BCUT2D eigenvalue weighted by Gasteiger charge is -2.37. The molecule has 2 amide bonds. The van der Waals surface area contributed by atoms with Gasteiger partial charge in [-0.05, 0) is 65.6 Å². The number of aryl methyl sites for hydroxylation is 1. The average Bonchev–Trinajstić information content (AvgIpc) is 4.01. The molecule has 1 aromatic heterocycles. The van der Waals surface area contributed by atoms with Crippen LogP contribution in [0.25, 0.3) is 0 Å². The SMILES string of the molecule is COc1ccc([Si](C)(C)[C@H]2[C@H](CCn3cc(C(CO)c4ccccc4)nn3)O[C@@]3(C(=O)N(Cc4ccc(N5CCOC5=O)cc4)c4ccc(OC)cc43)[C@@H]2C)cc1. The molecule has 1 N–H and O–H groups in total. The van der Waals surface area contributed by atoms with Gasteiger partial charge in [-0.15, -0.1) is 5.10 Å². The van der Waals surface area contributed by atoms with E-state index >= 15 is 4.79 Å². The number of carbonyl (C=O) groups is 2. The van der Waals surface area contributed by atoms with Crippen molar-refractivity contribution < 1.29 is 33.6 Å². The summed E-state index contributed by atoms with van der Waals surface area (Å²) in [5, 5.41) is 20.5. The molecule has 0 bridgehead atoms. The lowest BCUT2D eigenvalue weighted by molar-refractivity contribution is -0.146. The highest BCUT2D eigenvalue weighted by molar-refractivity contribution is 6.91. The quantitative estimate of drug-likeness (QED) is 0.138. The van der Waals surface area contributed by atoms with Crippen molar-refractivity contribution in [3.63, 3.8) is 0 Å². The molecule has 0 saturated carbocycles. The molecule has 4 heterocycles. The highest BCUT2D eigenvalue weighted by Crippen LogP contribution is 2.60. The fourth-order valence-electron chi connectivity index (χ4n) is 9.34. The molecule has 12 nitrogen and oxygen atoms in total. The van der Waals surface area contributed by atoms with E-state index in [1.165, 1.54) is 5.19 Å². The van der Waals surface area contributed by atoms with Gasteiger partial charge in [0.2, 0.25) is 0 Å². The summed E-state index contributed by atoms with van der Waals surface area (Å²) in [6, 6.07) is 31.7. The van der Waals surface area contributed by atoms with Crippen LogP contribution in [0.4, 0.5) is 16.2 Å². The van der Waals surface area contributed by atoms with Crippen molar-refractivity contribution in [3.8, 4) is 11.5 Å². The number of aliphatic hydroxyl groups is 1. The molecular weight excluding hydrogens is 739 g/mol. The summed E-state index contributed by atoms with van der Waals surface area (Å²) in [6.45, 7) is 8.53. The Balaban J connectivity index is 1.14. The van der Waals surface area contributed by atoms with Gasteiger partial charge in [0.05, 0.1) is 65.4 Å². The molecule has 0 aliphatic carbocycles. The van der Waals surface area contributed by atoms with Crippen molar-refractivity contribution in [2.45, 2.75) is 62.7 Å². The van der Waals surface area contributed by atoms with Crippen LogP contribution < -0.4 is 24.5 Å². The number of aromatic nitrogens is 3. The molecular formula is C44H49N5O7Si. The van der Waals surface area contributed by atoms with Gasteiger partial charge < -0.3 is 29.0 Å². The maximum absolute atomic E-state index is 15.3. The number of rotatable bonds is 13. The van der Waals surface area contributed by atoms with E-state index in [1.807, 2.05) is 101 Å². The van der Waals surface area contributed by atoms with Crippen molar-refractivity contribution in [2.75, 3.05) is 43.8 Å². The smallest absolute Gasteiger partial charge is 0.414 e. The molecule has 8 rings (SSSR count).